The Bertz CT molecular complexity index is 401. The highest BCUT2D eigenvalue weighted by Crippen LogP contribution is 2.33. The molecule has 0 bridgehead atoms. The van der Waals surface area contributed by atoms with Gasteiger partial charge in [0.2, 0.25) is 0 Å². The SMILES string of the molecule is CS(=O)(=O)c1scc2c1CCC2. The standard InChI is InChI=1S/C8H10O2S2/c1-12(9,10)8-7-4-2-3-6(7)5-11-8/h5H,2-4H2,1H3. The Morgan fingerprint density at radius 3 is 2.83 bits per heavy atom. The molecule has 2 rings (SSSR count). The summed E-state index contributed by atoms with van der Waals surface area (Å²) in [7, 11) is -2.97. The maximum atomic E-state index is 11.3. The number of fused-ring (bicyclic) bond motifs is 1. The molecule has 0 N–H and O–H groups in total. The fraction of sp³-hybridized carbons (Fsp3) is 0.500. The lowest BCUT2D eigenvalue weighted by Gasteiger charge is -1.95. The van der Waals surface area contributed by atoms with Crippen molar-refractivity contribution in [1.82, 2.24) is 0 Å². The second-order valence-corrected chi connectivity index (χ2v) is 6.24. The molecular formula is C8H10O2S2. The summed E-state index contributed by atoms with van der Waals surface area (Å²) in [6, 6.07) is 0. The molecule has 0 spiro atoms. The van der Waals surface area contributed by atoms with Crippen molar-refractivity contribution >= 4 is 21.2 Å². The van der Waals surface area contributed by atoms with Gasteiger partial charge in [0.05, 0.1) is 0 Å². The van der Waals surface area contributed by atoms with Gasteiger partial charge < -0.3 is 0 Å². The molecule has 0 aromatic carbocycles. The minimum atomic E-state index is -2.97. The Balaban J connectivity index is 2.61. The first kappa shape index (κ1) is 8.26. The third-order valence-corrected chi connectivity index (χ3v) is 5.13. The van der Waals surface area contributed by atoms with Gasteiger partial charge in [-0.15, -0.1) is 11.3 Å². The third-order valence-electron chi connectivity index (χ3n) is 2.15. The first-order chi connectivity index (χ1) is 5.59. The normalized spacial score (nSPS) is 16.4. The molecule has 0 aliphatic heterocycles. The van der Waals surface area contributed by atoms with Gasteiger partial charge in [-0.25, -0.2) is 8.42 Å². The molecule has 12 heavy (non-hydrogen) atoms. The second kappa shape index (κ2) is 2.57. The van der Waals surface area contributed by atoms with E-state index in [1.165, 1.54) is 23.2 Å². The van der Waals surface area contributed by atoms with Gasteiger partial charge in [-0.05, 0) is 35.8 Å². The highest BCUT2D eigenvalue weighted by molar-refractivity contribution is 7.92. The van der Waals surface area contributed by atoms with Crippen LogP contribution in [0, 0.1) is 0 Å². The third kappa shape index (κ3) is 1.19. The van der Waals surface area contributed by atoms with Crippen LogP contribution in [0.5, 0.6) is 0 Å². The number of aryl methyl sites for hydroxylation is 1. The van der Waals surface area contributed by atoms with Crippen LogP contribution >= 0.6 is 11.3 Å². The van der Waals surface area contributed by atoms with Gasteiger partial charge >= 0.3 is 0 Å². The molecule has 0 atom stereocenters. The second-order valence-electron chi connectivity index (χ2n) is 3.15. The lowest BCUT2D eigenvalue weighted by molar-refractivity contribution is 0.603. The molecule has 0 fully saturated rings. The highest BCUT2D eigenvalue weighted by Gasteiger charge is 2.22. The summed E-state index contributed by atoms with van der Waals surface area (Å²) in [5.41, 5.74) is 2.34. The van der Waals surface area contributed by atoms with Crippen LogP contribution in [-0.2, 0) is 22.7 Å². The van der Waals surface area contributed by atoms with Crippen LogP contribution in [0.4, 0.5) is 0 Å². The fourth-order valence-corrected chi connectivity index (χ4v) is 4.05. The van der Waals surface area contributed by atoms with E-state index in [4.69, 9.17) is 0 Å². The molecule has 1 aliphatic carbocycles. The molecular weight excluding hydrogens is 192 g/mol. The van der Waals surface area contributed by atoms with E-state index in [0.717, 1.165) is 24.8 Å². The van der Waals surface area contributed by atoms with Crippen molar-refractivity contribution in [3.63, 3.8) is 0 Å². The lowest BCUT2D eigenvalue weighted by Crippen LogP contribution is -1.96. The molecule has 1 aliphatic rings. The van der Waals surface area contributed by atoms with E-state index in [1.54, 1.807) is 0 Å². The summed E-state index contributed by atoms with van der Waals surface area (Å²) in [5.74, 6) is 0. The summed E-state index contributed by atoms with van der Waals surface area (Å²) in [4.78, 5) is 0. The molecule has 4 heteroatoms. The van der Waals surface area contributed by atoms with Crippen LogP contribution < -0.4 is 0 Å². The van der Waals surface area contributed by atoms with Crippen LogP contribution in [0.2, 0.25) is 0 Å². The minimum absolute atomic E-state index is 0.593. The fourth-order valence-electron chi connectivity index (χ4n) is 1.64. The average Bonchev–Trinajstić information content (AvgIpc) is 2.37. The molecule has 66 valence electrons. The zero-order valence-corrected chi connectivity index (χ0v) is 8.46. The van der Waals surface area contributed by atoms with E-state index < -0.39 is 9.84 Å². The lowest BCUT2D eigenvalue weighted by atomic mass is 10.2. The molecule has 1 aromatic rings. The van der Waals surface area contributed by atoms with Crippen molar-refractivity contribution in [1.29, 1.82) is 0 Å². The van der Waals surface area contributed by atoms with Crippen molar-refractivity contribution in [2.24, 2.45) is 0 Å². The molecule has 1 aromatic heterocycles. The van der Waals surface area contributed by atoms with Crippen molar-refractivity contribution < 1.29 is 8.42 Å². The van der Waals surface area contributed by atoms with Crippen molar-refractivity contribution in [3.8, 4) is 0 Å². The van der Waals surface area contributed by atoms with Gasteiger partial charge in [0.25, 0.3) is 0 Å². The average molecular weight is 202 g/mol. The maximum absolute atomic E-state index is 11.3. The van der Waals surface area contributed by atoms with Gasteiger partial charge in [-0.2, -0.15) is 0 Å². The van der Waals surface area contributed by atoms with E-state index in [9.17, 15) is 8.42 Å². The topological polar surface area (TPSA) is 34.1 Å². The van der Waals surface area contributed by atoms with Crippen LogP contribution in [0.15, 0.2) is 9.59 Å². The van der Waals surface area contributed by atoms with E-state index >= 15 is 0 Å². The summed E-state index contributed by atoms with van der Waals surface area (Å²) < 4.78 is 23.1. The van der Waals surface area contributed by atoms with Crippen molar-refractivity contribution in [2.45, 2.75) is 23.5 Å². The van der Waals surface area contributed by atoms with Crippen LogP contribution in [0.1, 0.15) is 17.5 Å². The van der Waals surface area contributed by atoms with Crippen molar-refractivity contribution in [2.75, 3.05) is 6.26 Å². The Morgan fingerprint density at radius 2 is 2.17 bits per heavy atom. The van der Waals surface area contributed by atoms with Crippen molar-refractivity contribution in [3.05, 3.63) is 16.5 Å². The van der Waals surface area contributed by atoms with Crippen LogP contribution in [-0.4, -0.2) is 14.7 Å². The summed E-state index contributed by atoms with van der Waals surface area (Å²) in [6.07, 6.45) is 4.40. The number of hydrogen-bond donors (Lipinski definition) is 0. The number of thiophene rings is 1. The Hall–Kier alpha value is -0.350. The van der Waals surface area contributed by atoms with Crippen LogP contribution in [0.3, 0.4) is 0 Å². The molecule has 0 amide bonds. The van der Waals surface area contributed by atoms with Gasteiger partial charge in [0.15, 0.2) is 9.84 Å². The monoisotopic (exact) mass is 202 g/mol. The first-order valence-corrected chi connectivity index (χ1v) is 6.65. The molecule has 0 saturated heterocycles. The summed E-state index contributed by atoms with van der Waals surface area (Å²) in [5, 5.41) is 1.98. The minimum Gasteiger partial charge on any atom is -0.223 e. The molecule has 2 nitrogen and oxygen atoms in total. The quantitative estimate of drug-likeness (QED) is 0.693. The van der Waals surface area contributed by atoms with Gasteiger partial charge in [-0.1, -0.05) is 0 Å². The number of hydrogen-bond acceptors (Lipinski definition) is 3. The summed E-state index contributed by atoms with van der Waals surface area (Å²) in [6.45, 7) is 0. The Kier molecular flexibility index (Phi) is 1.77. The maximum Gasteiger partial charge on any atom is 0.185 e. The predicted octanol–water partition coefficient (Wildman–Crippen LogP) is 1.64. The predicted molar refractivity (Wildman–Crippen MR) is 49.5 cm³/mol. The number of sulfone groups is 1. The van der Waals surface area contributed by atoms with Gasteiger partial charge in [0, 0.05) is 6.26 Å². The molecule has 0 radical (unpaired) electrons. The summed E-state index contributed by atoms with van der Waals surface area (Å²) >= 11 is 1.37. The Labute approximate surface area is 76.2 Å². The largest absolute Gasteiger partial charge is 0.223 e. The van der Waals surface area contributed by atoms with Gasteiger partial charge in [0.1, 0.15) is 4.21 Å². The van der Waals surface area contributed by atoms with E-state index in [0.29, 0.717) is 4.21 Å². The smallest absolute Gasteiger partial charge is 0.185 e. The molecule has 0 unspecified atom stereocenters. The van der Waals surface area contributed by atoms with Gasteiger partial charge in [-0.3, -0.25) is 0 Å². The van der Waals surface area contributed by atoms with E-state index in [-0.39, 0.29) is 0 Å². The highest BCUT2D eigenvalue weighted by atomic mass is 32.2. The molecule has 0 saturated carbocycles. The van der Waals surface area contributed by atoms with E-state index in [2.05, 4.69) is 0 Å². The van der Waals surface area contributed by atoms with E-state index in [1.807, 2.05) is 5.38 Å². The molecule has 1 heterocycles. The van der Waals surface area contributed by atoms with Crippen LogP contribution in [0.25, 0.3) is 0 Å². The zero-order chi connectivity index (χ0) is 8.77. The Morgan fingerprint density at radius 1 is 1.42 bits per heavy atom. The number of rotatable bonds is 1. The first-order valence-electron chi connectivity index (χ1n) is 3.88. The zero-order valence-electron chi connectivity index (χ0n) is 6.83.